The van der Waals surface area contributed by atoms with Crippen LogP contribution in [0.5, 0.6) is 0 Å². The Kier molecular flexibility index (Phi) is 7.50. The number of benzene rings is 1. The molecule has 4 rings (SSSR count). The Hall–Kier alpha value is -2.22. The van der Waals surface area contributed by atoms with E-state index in [1.807, 2.05) is 18.3 Å². The van der Waals surface area contributed by atoms with Gasteiger partial charge in [0, 0.05) is 49.0 Å². The van der Waals surface area contributed by atoms with Gasteiger partial charge >= 0.3 is 0 Å². The molecule has 158 valence electrons. The van der Waals surface area contributed by atoms with Crippen LogP contribution in [-0.4, -0.2) is 63.2 Å². The summed E-state index contributed by atoms with van der Waals surface area (Å²) < 4.78 is 7.60. The van der Waals surface area contributed by atoms with E-state index in [-0.39, 0.29) is 0 Å². The molecular weight excluding hydrogens is 394 g/mol. The van der Waals surface area contributed by atoms with E-state index in [4.69, 9.17) is 4.74 Å². The van der Waals surface area contributed by atoms with E-state index in [9.17, 15) is 0 Å². The first-order valence-electron chi connectivity index (χ1n) is 10.7. The van der Waals surface area contributed by atoms with Crippen LogP contribution in [0.25, 0.3) is 17.1 Å². The number of hydrogen-bond acceptors (Lipinski definition) is 6. The van der Waals surface area contributed by atoms with Gasteiger partial charge < -0.3 is 4.74 Å². The van der Waals surface area contributed by atoms with Gasteiger partial charge in [0.2, 0.25) is 0 Å². The van der Waals surface area contributed by atoms with Crippen LogP contribution in [0.3, 0.4) is 0 Å². The van der Waals surface area contributed by atoms with Gasteiger partial charge in [0.1, 0.15) is 0 Å². The summed E-state index contributed by atoms with van der Waals surface area (Å²) in [5, 5.41) is 9.97. The van der Waals surface area contributed by atoms with Crippen molar-refractivity contribution < 1.29 is 4.74 Å². The number of aryl methyl sites for hydroxylation is 1. The summed E-state index contributed by atoms with van der Waals surface area (Å²) in [5.41, 5.74) is 3.44. The first-order valence-corrected chi connectivity index (χ1v) is 11.7. The van der Waals surface area contributed by atoms with Crippen molar-refractivity contribution in [1.82, 2.24) is 24.6 Å². The van der Waals surface area contributed by atoms with Crippen LogP contribution in [0, 0.1) is 0 Å². The molecule has 3 heterocycles. The van der Waals surface area contributed by atoms with E-state index in [1.54, 1.807) is 18.0 Å². The summed E-state index contributed by atoms with van der Waals surface area (Å²) in [4.78, 5) is 6.72. The molecule has 1 aliphatic rings. The minimum absolute atomic E-state index is 0.830. The van der Waals surface area contributed by atoms with E-state index in [0.29, 0.717) is 0 Å². The summed E-state index contributed by atoms with van der Waals surface area (Å²) in [6.45, 7) is 6.93. The molecule has 0 atom stereocenters. The highest BCUT2D eigenvalue weighted by Gasteiger charge is 2.17. The Morgan fingerprint density at radius 3 is 2.63 bits per heavy atom. The van der Waals surface area contributed by atoms with E-state index in [1.165, 1.54) is 18.4 Å². The summed E-state index contributed by atoms with van der Waals surface area (Å²) in [5.74, 6) is 1.80. The molecular formula is C23H29N5OS. The highest BCUT2D eigenvalue weighted by molar-refractivity contribution is 7.99. The zero-order valence-electron chi connectivity index (χ0n) is 17.5. The Morgan fingerprint density at radius 1 is 1.07 bits per heavy atom. The average Bonchev–Trinajstić information content (AvgIpc) is 3.23. The van der Waals surface area contributed by atoms with Crippen LogP contribution in [0.4, 0.5) is 0 Å². The average molecular weight is 424 g/mol. The fourth-order valence-electron chi connectivity index (χ4n) is 3.56. The molecule has 0 bridgehead atoms. The number of aromatic nitrogens is 4. The molecule has 6 nitrogen and oxygen atoms in total. The molecule has 30 heavy (non-hydrogen) atoms. The predicted molar refractivity (Wildman–Crippen MR) is 121 cm³/mol. The Morgan fingerprint density at radius 2 is 1.90 bits per heavy atom. The van der Waals surface area contributed by atoms with Gasteiger partial charge in [-0.1, -0.05) is 37.2 Å². The van der Waals surface area contributed by atoms with Crippen molar-refractivity contribution in [2.75, 3.05) is 38.6 Å². The number of hydrogen-bond donors (Lipinski definition) is 0. The van der Waals surface area contributed by atoms with Crippen molar-refractivity contribution >= 4 is 11.8 Å². The summed E-state index contributed by atoms with van der Waals surface area (Å²) in [6.07, 6.45) is 7.18. The van der Waals surface area contributed by atoms with Gasteiger partial charge in [-0.3, -0.25) is 14.5 Å². The third kappa shape index (κ3) is 5.28. The zero-order valence-corrected chi connectivity index (χ0v) is 18.4. The largest absolute Gasteiger partial charge is 0.379 e. The maximum atomic E-state index is 5.45. The smallest absolute Gasteiger partial charge is 0.196 e. The van der Waals surface area contributed by atoms with Crippen LogP contribution in [-0.2, 0) is 11.2 Å². The third-order valence-corrected chi connectivity index (χ3v) is 6.22. The van der Waals surface area contributed by atoms with E-state index in [0.717, 1.165) is 67.3 Å². The van der Waals surface area contributed by atoms with Crippen molar-refractivity contribution in [2.45, 2.75) is 31.3 Å². The molecule has 1 fully saturated rings. The van der Waals surface area contributed by atoms with Crippen molar-refractivity contribution in [3.63, 3.8) is 0 Å². The second kappa shape index (κ2) is 10.7. The molecule has 0 radical (unpaired) electrons. The molecule has 0 aliphatic carbocycles. The molecule has 3 aromatic rings. The van der Waals surface area contributed by atoms with Crippen LogP contribution < -0.4 is 0 Å². The molecule has 0 N–H and O–H groups in total. The maximum Gasteiger partial charge on any atom is 0.196 e. The van der Waals surface area contributed by atoms with Gasteiger partial charge in [-0.25, -0.2) is 0 Å². The Labute approximate surface area is 182 Å². The molecule has 0 spiro atoms. The van der Waals surface area contributed by atoms with Crippen molar-refractivity contribution in [2.24, 2.45) is 0 Å². The summed E-state index contributed by atoms with van der Waals surface area (Å²) in [7, 11) is 0. The standard InChI is InChI=1S/C23H29N5OS/c1-2-3-5-19-7-9-21(10-8-19)28-22(20-6-4-11-24-18-20)25-26-23(28)30-17-14-27-12-15-29-16-13-27/h4,6-11,18H,2-3,5,12-17H2,1H3. The maximum absolute atomic E-state index is 5.45. The van der Waals surface area contributed by atoms with Gasteiger partial charge in [0.15, 0.2) is 11.0 Å². The quantitative estimate of drug-likeness (QED) is 0.483. The van der Waals surface area contributed by atoms with Gasteiger partial charge in [-0.15, -0.1) is 10.2 Å². The Balaban J connectivity index is 1.56. The van der Waals surface area contributed by atoms with E-state index < -0.39 is 0 Å². The number of thioether (sulfide) groups is 1. The SMILES string of the molecule is CCCCc1ccc(-n2c(SCCN3CCOCC3)nnc2-c2cccnc2)cc1. The zero-order chi connectivity index (χ0) is 20.6. The number of unbranched alkanes of at least 4 members (excludes halogenated alkanes) is 1. The fraction of sp³-hybridized carbons (Fsp3) is 0.435. The lowest BCUT2D eigenvalue weighted by molar-refractivity contribution is 0.0410. The van der Waals surface area contributed by atoms with Gasteiger partial charge in [-0.2, -0.15) is 0 Å². The normalized spacial score (nSPS) is 14.8. The molecule has 0 amide bonds. The minimum atomic E-state index is 0.830. The number of morpholine rings is 1. The molecule has 1 aromatic carbocycles. The lowest BCUT2D eigenvalue weighted by Gasteiger charge is -2.26. The van der Waals surface area contributed by atoms with E-state index >= 15 is 0 Å². The highest BCUT2D eigenvalue weighted by atomic mass is 32.2. The monoisotopic (exact) mass is 423 g/mol. The summed E-state index contributed by atoms with van der Waals surface area (Å²) >= 11 is 1.76. The third-order valence-electron chi connectivity index (χ3n) is 5.31. The minimum Gasteiger partial charge on any atom is -0.379 e. The lowest BCUT2D eigenvalue weighted by Crippen LogP contribution is -2.37. The molecule has 7 heteroatoms. The lowest BCUT2D eigenvalue weighted by atomic mass is 10.1. The van der Waals surface area contributed by atoms with Crippen molar-refractivity contribution in [3.8, 4) is 17.1 Å². The van der Waals surface area contributed by atoms with Gasteiger partial charge in [0.25, 0.3) is 0 Å². The predicted octanol–water partition coefficient (Wildman–Crippen LogP) is 4.10. The fourth-order valence-corrected chi connectivity index (χ4v) is 4.51. The molecule has 1 aliphatic heterocycles. The summed E-state index contributed by atoms with van der Waals surface area (Å²) in [6, 6.07) is 12.8. The van der Waals surface area contributed by atoms with Gasteiger partial charge in [-0.05, 0) is 42.7 Å². The van der Waals surface area contributed by atoms with E-state index in [2.05, 4.69) is 55.8 Å². The van der Waals surface area contributed by atoms with Crippen LogP contribution >= 0.6 is 11.8 Å². The van der Waals surface area contributed by atoms with Gasteiger partial charge in [0.05, 0.1) is 13.2 Å². The van der Waals surface area contributed by atoms with Crippen LogP contribution in [0.1, 0.15) is 25.3 Å². The second-order valence-corrected chi connectivity index (χ2v) is 8.52. The molecule has 0 saturated carbocycles. The first kappa shape index (κ1) is 21.0. The number of rotatable bonds is 9. The molecule has 1 saturated heterocycles. The van der Waals surface area contributed by atoms with Crippen LogP contribution in [0.2, 0.25) is 0 Å². The molecule has 2 aromatic heterocycles. The van der Waals surface area contributed by atoms with Crippen molar-refractivity contribution in [3.05, 3.63) is 54.4 Å². The number of nitrogens with zero attached hydrogens (tertiary/aromatic N) is 5. The number of ether oxygens (including phenoxy) is 1. The Bertz CT molecular complexity index is 907. The van der Waals surface area contributed by atoms with Crippen LogP contribution in [0.15, 0.2) is 53.9 Å². The second-order valence-electron chi connectivity index (χ2n) is 7.46. The topological polar surface area (TPSA) is 56.1 Å². The number of pyridine rings is 1. The molecule has 0 unspecified atom stereocenters. The first-order chi connectivity index (χ1) is 14.8. The van der Waals surface area contributed by atoms with Crippen molar-refractivity contribution in [1.29, 1.82) is 0 Å². The highest BCUT2D eigenvalue weighted by Crippen LogP contribution is 2.28.